The van der Waals surface area contributed by atoms with Gasteiger partial charge in [0.25, 0.3) is 5.91 Å². The van der Waals surface area contributed by atoms with E-state index in [4.69, 9.17) is 15.1 Å². The van der Waals surface area contributed by atoms with Gasteiger partial charge >= 0.3 is 0 Å². The van der Waals surface area contributed by atoms with Crippen molar-refractivity contribution in [3.63, 3.8) is 0 Å². The second-order valence-electron chi connectivity index (χ2n) is 11.6. The number of carbonyl (C=O) groups is 1. The number of nitrogens with zero attached hydrogens (tertiary/aromatic N) is 4. The first kappa shape index (κ1) is 31.9. The van der Waals surface area contributed by atoms with Gasteiger partial charge < -0.3 is 15.5 Å². The highest BCUT2D eigenvalue weighted by molar-refractivity contribution is 7.23. The summed E-state index contributed by atoms with van der Waals surface area (Å²) in [6.07, 6.45) is 3.12. The number of nitrogens with one attached hydrogen (secondary N) is 1. The number of nitrogens with two attached hydrogens (primary N) is 1. The fourth-order valence-electron chi connectivity index (χ4n) is 5.51. The highest BCUT2D eigenvalue weighted by Gasteiger charge is 2.29. The Morgan fingerprint density at radius 2 is 1.70 bits per heavy atom. The van der Waals surface area contributed by atoms with E-state index in [1.165, 1.54) is 29.5 Å². The molecule has 12 heteroatoms. The summed E-state index contributed by atoms with van der Waals surface area (Å²) >= 11 is 1.39. The molecule has 2 aromatic carbocycles. The molecule has 8 nitrogen and oxygen atoms in total. The van der Waals surface area contributed by atoms with Crippen molar-refractivity contribution >= 4 is 33.1 Å². The van der Waals surface area contributed by atoms with E-state index in [9.17, 15) is 18.0 Å². The second kappa shape index (κ2) is 13.3. The zero-order valence-corrected chi connectivity index (χ0v) is 26.7. The Morgan fingerprint density at radius 3 is 2.38 bits per heavy atom. The number of primary amides is 1. The van der Waals surface area contributed by atoms with Gasteiger partial charge in [0.15, 0.2) is 11.6 Å². The zero-order chi connectivity index (χ0) is 33.2. The summed E-state index contributed by atoms with van der Waals surface area (Å²) in [5.41, 5.74) is 10.1. The van der Waals surface area contributed by atoms with Crippen LogP contribution in [0.4, 0.5) is 19.0 Å². The van der Waals surface area contributed by atoms with Crippen LogP contribution in [0.3, 0.4) is 0 Å². The van der Waals surface area contributed by atoms with Crippen LogP contribution in [0, 0.1) is 30.3 Å². The first-order chi connectivity index (χ1) is 22.6. The number of thiophene rings is 1. The van der Waals surface area contributed by atoms with Crippen LogP contribution in [0.2, 0.25) is 0 Å². The van der Waals surface area contributed by atoms with E-state index in [0.717, 1.165) is 27.8 Å². The topological polar surface area (TPSA) is 120 Å². The fourth-order valence-corrected chi connectivity index (χ4v) is 6.68. The number of pyridine rings is 2. The van der Waals surface area contributed by atoms with Gasteiger partial charge in [-0.15, -0.1) is 21.5 Å². The lowest BCUT2D eigenvalue weighted by atomic mass is 9.91. The van der Waals surface area contributed by atoms with Crippen molar-refractivity contribution in [1.29, 1.82) is 0 Å². The largest absolute Gasteiger partial charge is 0.421 e. The molecule has 47 heavy (non-hydrogen) atoms. The Morgan fingerprint density at radius 1 is 0.936 bits per heavy atom. The highest BCUT2D eigenvalue weighted by atomic mass is 32.1. The predicted molar refractivity (Wildman–Crippen MR) is 175 cm³/mol. The molecule has 0 bridgehead atoms. The number of hydrogen-bond acceptors (Lipinski definition) is 8. The van der Waals surface area contributed by atoms with Gasteiger partial charge in [-0.3, -0.25) is 9.78 Å². The molecule has 240 valence electrons. The standard InChI is InChI=1S/C35H31F3N6O2S/c1-18(2)14-27-29(33(39)45)31(30(35-44-43-19(3)46-35)26(42-27)11-7-20-4-8-23(36)9-5-20)28-16-22-12-13-40-34(32(22)47-28)41-17-21-6-10-24(37)25(38)15-21/h4-6,8-10,12-13,15-16,18H,7,11,14,17H2,1-3H3,(H2,39,45)(H,40,41). The van der Waals surface area contributed by atoms with Crippen LogP contribution in [0.25, 0.3) is 32.0 Å². The van der Waals surface area contributed by atoms with Crippen molar-refractivity contribution in [3.05, 3.63) is 112 Å². The summed E-state index contributed by atoms with van der Waals surface area (Å²) in [6, 6.07) is 13.8. The number of aryl methyl sites for hydroxylation is 3. The molecule has 4 aromatic heterocycles. The predicted octanol–water partition coefficient (Wildman–Crippen LogP) is 7.83. The lowest BCUT2D eigenvalue weighted by molar-refractivity contribution is 0.0999. The van der Waals surface area contributed by atoms with Crippen molar-refractivity contribution in [2.45, 2.75) is 46.6 Å². The number of aromatic nitrogens is 4. The molecule has 4 heterocycles. The Labute approximate surface area is 272 Å². The summed E-state index contributed by atoms with van der Waals surface area (Å²) < 4.78 is 47.7. The molecule has 0 fully saturated rings. The lowest BCUT2D eigenvalue weighted by Crippen LogP contribution is -2.20. The average Bonchev–Trinajstić information content (AvgIpc) is 3.67. The monoisotopic (exact) mass is 656 g/mol. The van der Waals surface area contributed by atoms with Gasteiger partial charge in [-0.2, -0.15) is 0 Å². The van der Waals surface area contributed by atoms with E-state index in [-0.39, 0.29) is 29.7 Å². The zero-order valence-electron chi connectivity index (χ0n) is 25.9. The minimum atomic E-state index is -0.929. The molecule has 0 unspecified atom stereocenters. The van der Waals surface area contributed by atoms with Crippen molar-refractivity contribution in [3.8, 4) is 21.9 Å². The Bertz CT molecular complexity index is 2090. The van der Waals surface area contributed by atoms with E-state index >= 15 is 0 Å². The Balaban J connectivity index is 1.52. The maximum Gasteiger partial charge on any atom is 0.251 e. The third-order valence-electron chi connectivity index (χ3n) is 7.62. The smallest absolute Gasteiger partial charge is 0.251 e. The van der Waals surface area contributed by atoms with Gasteiger partial charge in [-0.1, -0.05) is 32.0 Å². The van der Waals surface area contributed by atoms with Crippen LogP contribution < -0.4 is 11.1 Å². The fraction of sp³-hybridized carbons (Fsp3) is 0.229. The van der Waals surface area contributed by atoms with Crippen LogP contribution in [0.15, 0.2) is 65.2 Å². The SMILES string of the molecule is Cc1nnc(-c2c(CCc3ccc(F)cc3)nc(CC(C)C)c(C(N)=O)c2-c2cc3ccnc(NCc4ccc(F)c(F)c4)c3s2)o1. The lowest BCUT2D eigenvalue weighted by Gasteiger charge is -2.19. The van der Waals surface area contributed by atoms with Crippen molar-refractivity contribution in [2.24, 2.45) is 11.7 Å². The van der Waals surface area contributed by atoms with E-state index in [1.54, 1.807) is 25.3 Å². The van der Waals surface area contributed by atoms with Crippen LogP contribution in [0.5, 0.6) is 0 Å². The molecule has 0 saturated carbocycles. The molecule has 0 radical (unpaired) electrons. The number of anilines is 1. The second-order valence-corrected chi connectivity index (χ2v) is 12.7. The number of amides is 1. The average molecular weight is 657 g/mol. The number of carbonyl (C=O) groups excluding carboxylic acids is 1. The molecule has 6 aromatic rings. The molecule has 1 amide bonds. The van der Waals surface area contributed by atoms with Crippen LogP contribution in [-0.4, -0.2) is 26.1 Å². The maximum absolute atomic E-state index is 13.9. The molecule has 6 rings (SSSR count). The van der Waals surface area contributed by atoms with Crippen molar-refractivity contribution in [2.75, 3.05) is 5.32 Å². The van der Waals surface area contributed by atoms with Crippen LogP contribution in [-0.2, 0) is 25.8 Å². The van der Waals surface area contributed by atoms with Gasteiger partial charge in [-0.05, 0) is 78.1 Å². The molecule has 0 spiro atoms. The highest BCUT2D eigenvalue weighted by Crippen LogP contribution is 2.44. The summed E-state index contributed by atoms with van der Waals surface area (Å²) in [5, 5.41) is 12.5. The summed E-state index contributed by atoms with van der Waals surface area (Å²) in [4.78, 5) is 23.5. The summed E-state index contributed by atoms with van der Waals surface area (Å²) in [5.74, 6) is -1.57. The van der Waals surface area contributed by atoms with Gasteiger partial charge in [0, 0.05) is 30.1 Å². The van der Waals surface area contributed by atoms with Gasteiger partial charge in [0.2, 0.25) is 11.8 Å². The molecular weight excluding hydrogens is 625 g/mol. The van der Waals surface area contributed by atoms with E-state index in [1.807, 2.05) is 26.0 Å². The summed E-state index contributed by atoms with van der Waals surface area (Å²) in [7, 11) is 0. The van der Waals surface area contributed by atoms with E-state index < -0.39 is 17.5 Å². The minimum Gasteiger partial charge on any atom is -0.421 e. The first-order valence-corrected chi connectivity index (χ1v) is 15.9. The van der Waals surface area contributed by atoms with E-state index in [0.29, 0.717) is 63.9 Å². The molecule has 0 aliphatic carbocycles. The molecule has 0 atom stereocenters. The quantitative estimate of drug-likeness (QED) is 0.146. The summed E-state index contributed by atoms with van der Waals surface area (Å²) in [6.45, 7) is 5.96. The van der Waals surface area contributed by atoms with E-state index in [2.05, 4.69) is 20.5 Å². The number of fused-ring (bicyclic) bond motifs is 1. The van der Waals surface area contributed by atoms with Crippen LogP contribution >= 0.6 is 11.3 Å². The number of benzene rings is 2. The van der Waals surface area contributed by atoms with Crippen LogP contribution in [0.1, 0.15) is 52.6 Å². The molecule has 0 aliphatic heterocycles. The Kier molecular flexibility index (Phi) is 9.04. The molecular formula is C35H31F3N6O2S. The molecule has 0 aliphatic rings. The molecule has 3 N–H and O–H groups in total. The third-order valence-corrected chi connectivity index (χ3v) is 8.80. The minimum absolute atomic E-state index is 0.161. The third kappa shape index (κ3) is 6.87. The van der Waals surface area contributed by atoms with Gasteiger partial charge in [0.05, 0.1) is 27.2 Å². The van der Waals surface area contributed by atoms with Crippen molar-refractivity contribution in [1.82, 2.24) is 20.2 Å². The number of rotatable bonds is 11. The van der Waals surface area contributed by atoms with Crippen molar-refractivity contribution < 1.29 is 22.4 Å². The number of halogens is 3. The molecule has 0 saturated heterocycles. The Hall–Kier alpha value is -5.10. The maximum atomic E-state index is 13.9. The van der Waals surface area contributed by atoms with Gasteiger partial charge in [0.1, 0.15) is 11.6 Å². The normalized spacial score (nSPS) is 11.5. The number of hydrogen-bond donors (Lipinski definition) is 2. The first-order valence-electron chi connectivity index (χ1n) is 15.0. The van der Waals surface area contributed by atoms with Gasteiger partial charge in [-0.25, -0.2) is 18.2 Å².